The summed E-state index contributed by atoms with van der Waals surface area (Å²) in [6, 6.07) is 13.6. The molecule has 0 bridgehead atoms. The van der Waals surface area contributed by atoms with Crippen LogP contribution in [0.4, 0.5) is 13.2 Å². The van der Waals surface area contributed by atoms with Gasteiger partial charge in [-0.15, -0.1) is 13.2 Å². The second-order valence-corrected chi connectivity index (χ2v) is 6.85. The number of rotatable bonds is 6. The Labute approximate surface area is 160 Å². The molecule has 1 aromatic heterocycles. The summed E-state index contributed by atoms with van der Waals surface area (Å²) in [5, 5.41) is 4.36. The van der Waals surface area contributed by atoms with E-state index in [4.69, 9.17) is 4.74 Å². The number of aryl methyl sites for hydroxylation is 1. The summed E-state index contributed by atoms with van der Waals surface area (Å²) in [7, 11) is 0. The van der Waals surface area contributed by atoms with Gasteiger partial charge in [0.15, 0.2) is 5.75 Å². The van der Waals surface area contributed by atoms with Crippen molar-refractivity contribution in [1.82, 2.24) is 9.78 Å². The zero-order valence-corrected chi connectivity index (χ0v) is 15.2. The first-order chi connectivity index (χ1) is 13.4. The van der Waals surface area contributed by atoms with E-state index >= 15 is 0 Å². The van der Waals surface area contributed by atoms with Gasteiger partial charge in [-0.2, -0.15) is 5.10 Å². The van der Waals surface area contributed by atoms with Gasteiger partial charge in [0.1, 0.15) is 18.0 Å². The minimum atomic E-state index is -4.78. The van der Waals surface area contributed by atoms with Crippen LogP contribution in [0.25, 0.3) is 5.69 Å². The standard InChI is InChI=1S/C21H19F3N2O2/c1-14-5-4-6-16(11-14)27-13-19-17(15-9-10-15)12-25-26(19)18-7-2-3-8-20(18)28-21(22,23)24/h2-8,11-12,15H,9-10,13H2,1H3. The predicted molar refractivity (Wildman–Crippen MR) is 97.7 cm³/mol. The van der Waals surface area contributed by atoms with E-state index in [-0.39, 0.29) is 18.0 Å². The summed E-state index contributed by atoms with van der Waals surface area (Å²) in [6.07, 6.45) is -0.967. The van der Waals surface area contributed by atoms with Crippen molar-refractivity contribution in [3.05, 3.63) is 71.5 Å². The fraction of sp³-hybridized carbons (Fsp3) is 0.286. The molecule has 1 saturated carbocycles. The second kappa shape index (κ2) is 7.22. The second-order valence-electron chi connectivity index (χ2n) is 6.85. The van der Waals surface area contributed by atoms with Crippen molar-refractivity contribution in [3.63, 3.8) is 0 Å². The number of halogens is 3. The van der Waals surface area contributed by atoms with Crippen LogP contribution in [0.15, 0.2) is 54.7 Å². The van der Waals surface area contributed by atoms with Crippen LogP contribution >= 0.6 is 0 Å². The van der Waals surface area contributed by atoms with Gasteiger partial charge in [-0.1, -0.05) is 24.3 Å². The lowest BCUT2D eigenvalue weighted by Crippen LogP contribution is -2.19. The third-order valence-electron chi connectivity index (χ3n) is 4.60. The molecule has 1 aliphatic rings. The van der Waals surface area contributed by atoms with E-state index in [2.05, 4.69) is 9.84 Å². The van der Waals surface area contributed by atoms with Crippen molar-refractivity contribution in [2.75, 3.05) is 0 Å². The van der Waals surface area contributed by atoms with Gasteiger partial charge in [0.05, 0.1) is 11.9 Å². The third-order valence-corrected chi connectivity index (χ3v) is 4.60. The lowest BCUT2D eigenvalue weighted by molar-refractivity contribution is -0.274. The zero-order valence-electron chi connectivity index (χ0n) is 15.2. The van der Waals surface area contributed by atoms with Crippen molar-refractivity contribution in [2.24, 2.45) is 0 Å². The first kappa shape index (κ1) is 18.4. The molecule has 28 heavy (non-hydrogen) atoms. The monoisotopic (exact) mass is 388 g/mol. The van der Waals surface area contributed by atoms with Crippen LogP contribution in [0.1, 0.15) is 35.6 Å². The van der Waals surface area contributed by atoms with E-state index in [0.717, 1.165) is 29.7 Å². The molecule has 0 radical (unpaired) electrons. The van der Waals surface area contributed by atoms with E-state index in [0.29, 0.717) is 11.7 Å². The summed E-state index contributed by atoms with van der Waals surface area (Å²) >= 11 is 0. The number of ether oxygens (including phenoxy) is 2. The van der Waals surface area contributed by atoms with Crippen molar-refractivity contribution >= 4 is 0 Å². The van der Waals surface area contributed by atoms with E-state index in [9.17, 15) is 13.2 Å². The molecule has 4 nitrogen and oxygen atoms in total. The van der Waals surface area contributed by atoms with Gasteiger partial charge in [0.2, 0.25) is 0 Å². The molecule has 1 fully saturated rings. The molecule has 0 N–H and O–H groups in total. The molecule has 1 aliphatic carbocycles. The summed E-state index contributed by atoms with van der Waals surface area (Å²) in [4.78, 5) is 0. The lowest BCUT2D eigenvalue weighted by Gasteiger charge is -2.16. The molecule has 0 atom stereocenters. The van der Waals surface area contributed by atoms with Gasteiger partial charge in [0.25, 0.3) is 0 Å². The van der Waals surface area contributed by atoms with Crippen LogP contribution < -0.4 is 9.47 Å². The predicted octanol–water partition coefficient (Wildman–Crippen LogP) is 5.54. The quantitative estimate of drug-likeness (QED) is 0.557. The van der Waals surface area contributed by atoms with Gasteiger partial charge < -0.3 is 9.47 Å². The van der Waals surface area contributed by atoms with E-state index in [1.165, 1.54) is 16.8 Å². The van der Waals surface area contributed by atoms with Crippen LogP contribution in [-0.2, 0) is 6.61 Å². The Morgan fingerprint density at radius 2 is 1.89 bits per heavy atom. The molecule has 0 saturated heterocycles. The highest BCUT2D eigenvalue weighted by Gasteiger charge is 2.34. The molecule has 146 valence electrons. The van der Waals surface area contributed by atoms with Crippen LogP contribution in [0.2, 0.25) is 0 Å². The molecule has 4 rings (SSSR count). The summed E-state index contributed by atoms with van der Waals surface area (Å²) in [5.74, 6) is 0.784. The Balaban J connectivity index is 1.69. The number of benzene rings is 2. The van der Waals surface area contributed by atoms with Gasteiger partial charge in [-0.3, -0.25) is 0 Å². The Morgan fingerprint density at radius 1 is 1.11 bits per heavy atom. The zero-order chi connectivity index (χ0) is 19.7. The SMILES string of the molecule is Cc1cccc(OCc2c(C3CC3)cnn2-c2ccccc2OC(F)(F)F)c1. The molecule has 0 amide bonds. The minimum Gasteiger partial charge on any atom is -0.487 e. The fourth-order valence-corrected chi connectivity index (χ4v) is 3.17. The molecule has 1 heterocycles. The topological polar surface area (TPSA) is 36.3 Å². The lowest BCUT2D eigenvalue weighted by atomic mass is 10.1. The molecule has 3 aromatic rings. The molecule has 0 unspecified atom stereocenters. The normalized spacial score (nSPS) is 14.1. The maximum Gasteiger partial charge on any atom is 0.573 e. The smallest absolute Gasteiger partial charge is 0.487 e. The first-order valence-electron chi connectivity index (χ1n) is 9.02. The maximum atomic E-state index is 12.8. The van der Waals surface area contributed by atoms with Crippen molar-refractivity contribution in [3.8, 4) is 17.2 Å². The van der Waals surface area contributed by atoms with Gasteiger partial charge in [-0.25, -0.2) is 4.68 Å². The maximum absolute atomic E-state index is 12.8. The Morgan fingerprint density at radius 3 is 2.61 bits per heavy atom. The average molecular weight is 388 g/mol. The highest BCUT2D eigenvalue weighted by atomic mass is 19.4. The highest BCUT2D eigenvalue weighted by molar-refractivity contribution is 5.48. The number of alkyl halides is 3. The summed E-state index contributed by atoms with van der Waals surface area (Å²) in [6.45, 7) is 2.17. The fourth-order valence-electron chi connectivity index (χ4n) is 3.17. The van der Waals surface area contributed by atoms with E-state index in [1.54, 1.807) is 18.3 Å². The van der Waals surface area contributed by atoms with Gasteiger partial charge in [0, 0.05) is 5.56 Å². The number of hydrogen-bond donors (Lipinski definition) is 0. The van der Waals surface area contributed by atoms with E-state index < -0.39 is 6.36 Å². The first-order valence-corrected chi connectivity index (χ1v) is 9.02. The minimum absolute atomic E-state index is 0.204. The van der Waals surface area contributed by atoms with Crippen molar-refractivity contribution in [1.29, 1.82) is 0 Å². The summed E-state index contributed by atoms with van der Waals surface area (Å²) < 4.78 is 50.1. The highest BCUT2D eigenvalue weighted by Crippen LogP contribution is 2.43. The number of hydrogen-bond acceptors (Lipinski definition) is 3. The van der Waals surface area contributed by atoms with Gasteiger partial charge in [-0.05, 0) is 55.5 Å². The number of nitrogens with zero attached hydrogens (tertiary/aromatic N) is 2. The largest absolute Gasteiger partial charge is 0.573 e. The summed E-state index contributed by atoms with van der Waals surface area (Å²) in [5.41, 5.74) is 3.05. The third kappa shape index (κ3) is 4.13. The number of aromatic nitrogens is 2. The molecular formula is C21H19F3N2O2. The van der Waals surface area contributed by atoms with Crippen LogP contribution in [0.5, 0.6) is 11.5 Å². The van der Waals surface area contributed by atoms with Crippen LogP contribution in [-0.4, -0.2) is 16.1 Å². The average Bonchev–Trinajstić information content (AvgIpc) is 3.39. The molecule has 7 heteroatoms. The molecule has 2 aromatic carbocycles. The molecular weight excluding hydrogens is 369 g/mol. The Bertz CT molecular complexity index is 978. The van der Waals surface area contributed by atoms with Crippen molar-refractivity contribution < 1.29 is 22.6 Å². The number of para-hydroxylation sites is 2. The Hall–Kier alpha value is -2.96. The van der Waals surface area contributed by atoms with Crippen molar-refractivity contribution in [2.45, 2.75) is 38.7 Å². The van der Waals surface area contributed by atoms with Gasteiger partial charge >= 0.3 is 6.36 Å². The molecule has 0 aliphatic heterocycles. The molecule has 0 spiro atoms. The Kier molecular flexibility index (Phi) is 4.75. The van der Waals surface area contributed by atoms with Crippen LogP contribution in [0, 0.1) is 6.92 Å². The van der Waals surface area contributed by atoms with Crippen LogP contribution in [0.3, 0.4) is 0 Å². The van der Waals surface area contributed by atoms with E-state index in [1.807, 2.05) is 31.2 Å².